The predicted octanol–water partition coefficient (Wildman–Crippen LogP) is 3.24. The molecule has 0 fully saturated rings. The molecule has 1 aromatic heterocycles. The van der Waals surface area contributed by atoms with Gasteiger partial charge in [-0.1, -0.05) is 26.0 Å². The Hall–Kier alpha value is -3.27. The number of urea groups is 1. The molecule has 2 heterocycles. The van der Waals surface area contributed by atoms with Crippen molar-refractivity contribution in [3.8, 4) is 11.5 Å². The summed E-state index contributed by atoms with van der Waals surface area (Å²) < 4.78 is 15.7. The summed E-state index contributed by atoms with van der Waals surface area (Å²) in [5, 5.41) is 4.52. The Bertz CT molecular complexity index is 979. The first kappa shape index (κ1) is 25.4. The molecule has 3 rings (SSSR count). The Morgan fingerprint density at radius 2 is 1.91 bits per heavy atom. The summed E-state index contributed by atoms with van der Waals surface area (Å²) in [5.74, 6) is 0.759. The van der Waals surface area contributed by atoms with Crippen molar-refractivity contribution in [2.45, 2.75) is 33.9 Å². The minimum absolute atomic E-state index is 0.108. The summed E-state index contributed by atoms with van der Waals surface area (Å²) in [7, 11) is 0. The van der Waals surface area contributed by atoms with Crippen molar-refractivity contribution < 1.29 is 28.6 Å². The zero-order valence-corrected chi connectivity index (χ0v) is 20.6. The van der Waals surface area contributed by atoms with Gasteiger partial charge in [0.1, 0.15) is 13.1 Å². The van der Waals surface area contributed by atoms with Crippen molar-refractivity contribution in [1.29, 1.82) is 0 Å². The number of thiophene rings is 1. The van der Waals surface area contributed by atoms with Crippen LogP contribution in [0, 0.1) is 5.92 Å². The number of rotatable bonds is 11. The summed E-state index contributed by atoms with van der Waals surface area (Å²) in [6.45, 7) is 6.84. The number of carbonyl (C=O) groups is 3. The van der Waals surface area contributed by atoms with Gasteiger partial charge in [0.05, 0.1) is 13.2 Å². The molecule has 0 radical (unpaired) electrons. The monoisotopic (exact) mass is 489 g/mol. The molecular weight excluding hydrogens is 458 g/mol. The molecule has 0 aliphatic carbocycles. The molecule has 1 aliphatic rings. The fourth-order valence-electron chi connectivity index (χ4n) is 3.48. The van der Waals surface area contributed by atoms with Crippen molar-refractivity contribution in [2.24, 2.45) is 5.92 Å². The van der Waals surface area contributed by atoms with Gasteiger partial charge in [0, 0.05) is 18.0 Å². The van der Waals surface area contributed by atoms with Crippen molar-refractivity contribution >= 4 is 29.2 Å². The third-order valence-electron chi connectivity index (χ3n) is 4.98. The van der Waals surface area contributed by atoms with Crippen molar-refractivity contribution in [3.05, 3.63) is 46.2 Å². The minimum atomic E-state index is -0.520. The fraction of sp³-hybridized carbons (Fsp3) is 0.458. The maximum absolute atomic E-state index is 13.4. The molecule has 1 N–H and O–H groups in total. The SMILES string of the molecule is CCOC(=O)CNC(=O)N(CC(=O)N(Cc1ccc2c(c1)OCO2)Cc1cccs1)CC(C)C. The zero-order chi connectivity index (χ0) is 24.5. The van der Waals surface area contributed by atoms with Gasteiger partial charge in [-0.2, -0.15) is 0 Å². The average molecular weight is 490 g/mol. The molecule has 0 saturated heterocycles. The van der Waals surface area contributed by atoms with Crippen LogP contribution < -0.4 is 14.8 Å². The Balaban J connectivity index is 1.71. The molecule has 184 valence electrons. The summed E-state index contributed by atoms with van der Waals surface area (Å²) in [6, 6.07) is 9.04. The molecule has 34 heavy (non-hydrogen) atoms. The van der Waals surface area contributed by atoms with E-state index in [1.807, 2.05) is 49.6 Å². The van der Waals surface area contributed by atoms with E-state index in [2.05, 4.69) is 5.32 Å². The quantitative estimate of drug-likeness (QED) is 0.487. The smallest absolute Gasteiger partial charge is 0.325 e. The van der Waals surface area contributed by atoms with Crippen LogP contribution in [0.2, 0.25) is 0 Å². The van der Waals surface area contributed by atoms with E-state index in [1.165, 1.54) is 4.90 Å². The summed E-state index contributed by atoms with van der Waals surface area (Å²) in [6.07, 6.45) is 0. The number of hydrogen-bond donors (Lipinski definition) is 1. The largest absolute Gasteiger partial charge is 0.465 e. The van der Waals surface area contributed by atoms with Gasteiger partial charge in [0.15, 0.2) is 11.5 Å². The van der Waals surface area contributed by atoms with E-state index >= 15 is 0 Å². The lowest BCUT2D eigenvalue weighted by Gasteiger charge is -2.28. The molecule has 0 saturated carbocycles. The first-order valence-electron chi connectivity index (χ1n) is 11.2. The van der Waals surface area contributed by atoms with Crippen LogP contribution in [0.25, 0.3) is 0 Å². The molecular formula is C24H31N3O6S. The number of amides is 3. The summed E-state index contributed by atoms with van der Waals surface area (Å²) in [4.78, 5) is 42.0. The van der Waals surface area contributed by atoms with Crippen LogP contribution in [-0.4, -0.2) is 60.7 Å². The Kier molecular flexibility index (Phi) is 9.15. The highest BCUT2D eigenvalue weighted by molar-refractivity contribution is 7.09. The van der Waals surface area contributed by atoms with E-state index in [0.717, 1.165) is 10.4 Å². The lowest BCUT2D eigenvalue weighted by atomic mass is 10.1. The van der Waals surface area contributed by atoms with Crippen LogP contribution in [-0.2, 0) is 27.4 Å². The van der Waals surface area contributed by atoms with Crippen LogP contribution in [0.5, 0.6) is 11.5 Å². The van der Waals surface area contributed by atoms with E-state index in [9.17, 15) is 14.4 Å². The third-order valence-corrected chi connectivity index (χ3v) is 5.84. The number of fused-ring (bicyclic) bond motifs is 1. The number of nitrogens with zero attached hydrogens (tertiary/aromatic N) is 2. The van der Waals surface area contributed by atoms with E-state index in [0.29, 0.717) is 31.1 Å². The van der Waals surface area contributed by atoms with Crippen LogP contribution in [0.1, 0.15) is 31.2 Å². The molecule has 2 aromatic rings. The fourth-order valence-corrected chi connectivity index (χ4v) is 4.20. The molecule has 9 nitrogen and oxygen atoms in total. The molecule has 10 heteroatoms. The van der Waals surface area contributed by atoms with Gasteiger partial charge in [0.2, 0.25) is 12.7 Å². The van der Waals surface area contributed by atoms with Gasteiger partial charge < -0.3 is 29.3 Å². The van der Waals surface area contributed by atoms with E-state index in [1.54, 1.807) is 23.2 Å². The first-order chi connectivity index (χ1) is 16.4. The van der Waals surface area contributed by atoms with Crippen LogP contribution >= 0.6 is 11.3 Å². The Labute approximate surface area is 203 Å². The number of carbonyl (C=O) groups excluding carboxylic acids is 3. The molecule has 1 aromatic carbocycles. The van der Waals surface area contributed by atoms with Crippen LogP contribution in [0.3, 0.4) is 0 Å². The second-order valence-corrected chi connectivity index (χ2v) is 9.29. The van der Waals surface area contributed by atoms with Gasteiger partial charge in [-0.05, 0) is 42.0 Å². The van der Waals surface area contributed by atoms with Gasteiger partial charge in [0.25, 0.3) is 0 Å². The first-order valence-corrected chi connectivity index (χ1v) is 12.1. The van der Waals surface area contributed by atoms with Crippen LogP contribution in [0.15, 0.2) is 35.7 Å². The lowest BCUT2D eigenvalue weighted by Crippen LogP contribution is -2.48. The minimum Gasteiger partial charge on any atom is -0.465 e. The highest BCUT2D eigenvalue weighted by Gasteiger charge is 2.24. The van der Waals surface area contributed by atoms with E-state index in [4.69, 9.17) is 14.2 Å². The number of benzene rings is 1. The Morgan fingerprint density at radius 1 is 1.12 bits per heavy atom. The lowest BCUT2D eigenvalue weighted by molar-refractivity contribution is -0.141. The standard InChI is InChI=1S/C24H31N3O6S/c1-4-31-23(29)11-25-24(30)27(12-17(2)3)15-22(28)26(14-19-6-5-9-34-19)13-18-7-8-20-21(10-18)33-16-32-20/h5-10,17H,4,11-16H2,1-3H3,(H,25,30). The van der Waals surface area contributed by atoms with Crippen molar-refractivity contribution in [1.82, 2.24) is 15.1 Å². The molecule has 1 aliphatic heterocycles. The number of hydrogen-bond acceptors (Lipinski definition) is 7. The predicted molar refractivity (Wildman–Crippen MR) is 128 cm³/mol. The normalized spacial score (nSPS) is 11.9. The maximum atomic E-state index is 13.4. The number of nitrogens with one attached hydrogen (secondary N) is 1. The third kappa shape index (κ3) is 7.38. The Morgan fingerprint density at radius 3 is 2.62 bits per heavy atom. The molecule has 0 bridgehead atoms. The van der Waals surface area contributed by atoms with E-state index < -0.39 is 12.0 Å². The summed E-state index contributed by atoms with van der Waals surface area (Å²) >= 11 is 1.57. The average Bonchev–Trinajstić information content (AvgIpc) is 3.48. The molecule has 0 unspecified atom stereocenters. The van der Waals surface area contributed by atoms with Crippen molar-refractivity contribution in [3.63, 3.8) is 0 Å². The highest BCUT2D eigenvalue weighted by atomic mass is 32.1. The van der Waals surface area contributed by atoms with Gasteiger partial charge in [-0.15, -0.1) is 11.3 Å². The molecule has 3 amide bonds. The van der Waals surface area contributed by atoms with Gasteiger partial charge in [-0.25, -0.2) is 4.79 Å². The maximum Gasteiger partial charge on any atom is 0.325 e. The van der Waals surface area contributed by atoms with Gasteiger partial charge >= 0.3 is 12.0 Å². The number of ether oxygens (including phenoxy) is 3. The van der Waals surface area contributed by atoms with Crippen LogP contribution in [0.4, 0.5) is 4.79 Å². The topological polar surface area (TPSA) is 97.4 Å². The molecule has 0 atom stereocenters. The second-order valence-electron chi connectivity index (χ2n) is 8.25. The second kappa shape index (κ2) is 12.3. The zero-order valence-electron chi connectivity index (χ0n) is 19.7. The van der Waals surface area contributed by atoms with Crippen molar-refractivity contribution in [2.75, 3.05) is 33.0 Å². The highest BCUT2D eigenvalue weighted by Crippen LogP contribution is 2.33. The number of esters is 1. The van der Waals surface area contributed by atoms with E-state index in [-0.39, 0.29) is 38.3 Å². The van der Waals surface area contributed by atoms with Gasteiger partial charge in [-0.3, -0.25) is 9.59 Å². The molecule has 0 spiro atoms. The summed E-state index contributed by atoms with van der Waals surface area (Å²) in [5.41, 5.74) is 0.899.